The third kappa shape index (κ3) is 8.05. The Morgan fingerprint density at radius 3 is 1.03 bits per heavy atom. The van der Waals surface area contributed by atoms with Crippen molar-refractivity contribution >= 4 is 36.5 Å². The number of rotatable bonds is 11. The van der Waals surface area contributed by atoms with Gasteiger partial charge in [0.25, 0.3) is 0 Å². The highest BCUT2D eigenvalue weighted by atomic mass is 16.7. The predicted octanol–water partition coefficient (Wildman–Crippen LogP) is 8.51. The summed E-state index contributed by atoms with van der Waals surface area (Å²) < 4.78 is 21.2. The van der Waals surface area contributed by atoms with Crippen LogP contribution < -0.4 is 9.47 Å². The summed E-state index contributed by atoms with van der Waals surface area (Å²) in [5, 5.41) is 0. The maximum Gasteiger partial charge on any atom is 0.183 e. The van der Waals surface area contributed by atoms with E-state index in [2.05, 4.69) is 66.8 Å². The fraction of sp³-hybridized carbons (Fsp3) is 0.143. The van der Waals surface area contributed by atoms with Crippen LogP contribution in [0.5, 0.6) is 11.5 Å². The molecule has 0 N–H and O–H groups in total. The third-order valence-corrected chi connectivity index (χ3v) is 6.27. The molecule has 39 heavy (non-hydrogen) atoms. The zero-order valence-electron chi connectivity index (χ0n) is 22.8. The Kier molecular flexibility index (Phi) is 9.90. The molecule has 4 aromatic rings. The smallest absolute Gasteiger partial charge is 0.183 e. The van der Waals surface area contributed by atoms with Crippen LogP contribution in [-0.4, -0.2) is 28.4 Å². The number of hydrogen-bond acceptors (Lipinski definition) is 4. The van der Waals surface area contributed by atoms with Crippen LogP contribution in [0.4, 0.5) is 0 Å². The van der Waals surface area contributed by atoms with E-state index >= 15 is 0 Å². The molecule has 0 aliphatic rings. The quantitative estimate of drug-likeness (QED) is 0.147. The summed E-state index contributed by atoms with van der Waals surface area (Å²) in [4.78, 5) is 0. The van der Waals surface area contributed by atoms with E-state index in [1.54, 1.807) is 28.4 Å². The minimum Gasteiger partial charge on any atom is -0.497 e. The van der Waals surface area contributed by atoms with Gasteiger partial charge in [-0.15, -0.1) is 0 Å². The SMILES string of the molecule is COc1ccc(/C=C/c2cc(/C=C/c3ccc(OC)cc3)cc(/C=C/c3ccc(C(OC)OC)cc3)c2)cc1. The molecule has 0 amide bonds. The van der Waals surface area contributed by atoms with Gasteiger partial charge in [0, 0.05) is 19.8 Å². The van der Waals surface area contributed by atoms with Crippen molar-refractivity contribution in [1.29, 1.82) is 0 Å². The van der Waals surface area contributed by atoms with E-state index in [9.17, 15) is 0 Å². The van der Waals surface area contributed by atoms with E-state index in [0.29, 0.717) is 0 Å². The van der Waals surface area contributed by atoms with Crippen molar-refractivity contribution in [3.8, 4) is 11.5 Å². The van der Waals surface area contributed by atoms with Gasteiger partial charge in [-0.1, -0.05) is 85.0 Å². The third-order valence-electron chi connectivity index (χ3n) is 6.27. The maximum atomic E-state index is 5.35. The van der Waals surface area contributed by atoms with E-state index in [-0.39, 0.29) is 6.29 Å². The highest BCUT2D eigenvalue weighted by Crippen LogP contribution is 2.22. The van der Waals surface area contributed by atoms with E-state index in [0.717, 1.165) is 50.4 Å². The summed E-state index contributed by atoms with van der Waals surface area (Å²) in [5.41, 5.74) is 7.63. The molecule has 0 heterocycles. The van der Waals surface area contributed by atoms with Gasteiger partial charge in [0.15, 0.2) is 6.29 Å². The Bertz CT molecular complexity index is 1330. The second-order valence-corrected chi connectivity index (χ2v) is 8.95. The fourth-order valence-electron chi connectivity index (χ4n) is 4.13. The molecule has 0 radical (unpaired) electrons. The molecular formula is C35H34O4. The Morgan fingerprint density at radius 1 is 0.410 bits per heavy atom. The van der Waals surface area contributed by atoms with Gasteiger partial charge >= 0.3 is 0 Å². The Hall–Kier alpha value is -4.38. The molecule has 4 aromatic carbocycles. The summed E-state index contributed by atoms with van der Waals surface area (Å²) in [5.74, 6) is 1.69. The average molecular weight is 519 g/mol. The lowest BCUT2D eigenvalue weighted by Crippen LogP contribution is -2.02. The maximum absolute atomic E-state index is 5.35. The van der Waals surface area contributed by atoms with Crippen molar-refractivity contribution in [2.75, 3.05) is 28.4 Å². The van der Waals surface area contributed by atoms with Crippen molar-refractivity contribution in [1.82, 2.24) is 0 Å². The summed E-state index contributed by atoms with van der Waals surface area (Å²) in [6.45, 7) is 0. The molecule has 0 fully saturated rings. The van der Waals surface area contributed by atoms with Crippen molar-refractivity contribution < 1.29 is 18.9 Å². The van der Waals surface area contributed by atoms with Crippen LogP contribution in [0, 0.1) is 0 Å². The molecule has 0 spiro atoms. The molecule has 4 nitrogen and oxygen atoms in total. The monoisotopic (exact) mass is 518 g/mol. The normalized spacial score (nSPS) is 11.7. The van der Waals surface area contributed by atoms with Crippen molar-refractivity contribution in [2.24, 2.45) is 0 Å². The number of hydrogen-bond donors (Lipinski definition) is 0. The van der Waals surface area contributed by atoms with E-state index < -0.39 is 0 Å². The second kappa shape index (κ2) is 14.0. The van der Waals surface area contributed by atoms with Gasteiger partial charge in [0.1, 0.15) is 11.5 Å². The van der Waals surface area contributed by atoms with Gasteiger partial charge < -0.3 is 18.9 Å². The molecule has 0 saturated heterocycles. The van der Waals surface area contributed by atoms with Gasteiger partial charge in [0.05, 0.1) is 14.2 Å². The minimum atomic E-state index is -0.364. The first-order valence-corrected chi connectivity index (χ1v) is 12.7. The topological polar surface area (TPSA) is 36.9 Å². The van der Waals surface area contributed by atoms with Gasteiger partial charge in [0.2, 0.25) is 0 Å². The van der Waals surface area contributed by atoms with Gasteiger partial charge in [-0.05, 0) is 75.8 Å². The summed E-state index contributed by atoms with van der Waals surface area (Å²) in [7, 11) is 6.63. The molecule has 0 saturated carbocycles. The van der Waals surface area contributed by atoms with Crippen LogP contribution in [0.25, 0.3) is 36.5 Å². The van der Waals surface area contributed by atoms with Crippen molar-refractivity contribution in [2.45, 2.75) is 6.29 Å². The Morgan fingerprint density at radius 2 is 0.718 bits per heavy atom. The first-order valence-electron chi connectivity index (χ1n) is 12.7. The first kappa shape index (κ1) is 27.6. The molecule has 0 aliphatic carbocycles. The van der Waals surface area contributed by atoms with Crippen LogP contribution in [-0.2, 0) is 9.47 Å². The van der Waals surface area contributed by atoms with E-state index in [4.69, 9.17) is 18.9 Å². The molecule has 0 aliphatic heterocycles. The fourth-order valence-corrected chi connectivity index (χ4v) is 4.13. The lowest BCUT2D eigenvalue weighted by molar-refractivity contribution is -0.106. The predicted molar refractivity (Wildman–Crippen MR) is 162 cm³/mol. The zero-order valence-corrected chi connectivity index (χ0v) is 22.8. The highest BCUT2D eigenvalue weighted by Gasteiger charge is 2.07. The van der Waals surface area contributed by atoms with Crippen LogP contribution in [0.2, 0.25) is 0 Å². The molecule has 198 valence electrons. The Balaban J connectivity index is 1.60. The average Bonchev–Trinajstić information content (AvgIpc) is 2.99. The van der Waals surface area contributed by atoms with Crippen molar-refractivity contribution in [3.63, 3.8) is 0 Å². The lowest BCUT2D eigenvalue weighted by Gasteiger charge is -2.13. The molecular weight excluding hydrogens is 484 g/mol. The largest absolute Gasteiger partial charge is 0.497 e. The van der Waals surface area contributed by atoms with Crippen LogP contribution in [0.15, 0.2) is 91.0 Å². The molecule has 4 rings (SSSR count). The number of ether oxygens (including phenoxy) is 4. The Labute approximate surface area is 231 Å². The highest BCUT2D eigenvalue weighted by molar-refractivity contribution is 5.78. The molecule has 0 unspecified atom stereocenters. The summed E-state index contributed by atoms with van der Waals surface area (Å²) in [6, 6.07) is 30.8. The van der Waals surface area contributed by atoms with Gasteiger partial charge in [-0.25, -0.2) is 0 Å². The standard InChI is InChI=1S/C35H34O4/c1-36-33-19-13-27(14-20-33)6-9-30-23-29(8-5-26-11-17-32(18-12-26)35(38-3)39-4)24-31(25-30)10-7-28-15-21-34(37-2)22-16-28/h5-25,35H,1-4H3/b8-5+,9-6+,10-7+. The van der Waals surface area contributed by atoms with Crippen molar-refractivity contribution in [3.05, 3.63) is 130 Å². The minimum absolute atomic E-state index is 0.364. The summed E-state index contributed by atoms with van der Waals surface area (Å²) >= 11 is 0. The second-order valence-electron chi connectivity index (χ2n) is 8.95. The lowest BCUT2D eigenvalue weighted by atomic mass is 10.0. The zero-order chi connectivity index (χ0) is 27.5. The van der Waals surface area contributed by atoms with Crippen LogP contribution in [0.3, 0.4) is 0 Å². The number of methoxy groups -OCH3 is 4. The molecule has 4 heteroatoms. The molecule has 0 atom stereocenters. The van der Waals surface area contributed by atoms with Crippen LogP contribution in [0.1, 0.15) is 45.2 Å². The van der Waals surface area contributed by atoms with Gasteiger partial charge in [-0.3, -0.25) is 0 Å². The van der Waals surface area contributed by atoms with E-state index in [1.165, 1.54) is 0 Å². The summed E-state index contributed by atoms with van der Waals surface area (Å²) in [6.07, 6.45) is 12.4. The van der Waals surface area contributed by atoms with E-state index in [1.807, 2.05) is 60.7 Å². The first-order chi connectivity index (χ1) is 19.1. The number of benzene rings is 4. The van der Waals surface area contributed by atoms with Gasteiger partial charge in [-0.2, -0.15) is 0 Å². The van der Waals surface area contributed by atoms with Crippen LogP contribution >= 0.6 is 0 Å². The molecule has 0 aromatic heterocycles. The molecule has 0 bridgehead atoms.